The molecule has 0 aliphatic carbocycles. The van der Waals surface area contributed by atoms with Crippen LogP contribution in [0.5, 0.6) is 5.75 Å². The molecule has 3 heteroatoms. The van der Waals surface area contributed by atoms with Crippen LogP contribution in [0.1, 0.15) is 22.3 Å². The van der Waals surface area contributed by atoms with Crippen molar-refractivity contribution in [3.63, 3.8) is 0 Å². The van der Waals surface area contributed by atoms with E-state index >= 15 is 0 Å². The Bertz CT molecular complexity index is 633. The first kappa shape index (κ1) is 13.9. The Balaban J connectivity index is 2.20. The fourth-order valence-electron chi connectivity index (χ4n) is 1.98. The van der Waals surface area contributed by atoms with Crippen molar-refractivity contribution in [2.75, 3.05) is 0 Å². The largest absolute Gasteiger partial charge is 0.488 e. The maximum absolute atomic E-state index is 8.70. The molecule has 102 valence electrons. The van der Waals surface area contributed by atoms with Crippen LogP contribution >= 0.6 is 0 Å². The number of rotatable bonds is 5. The Labute approximate surface area is 118 Å². The molecule has 3 nitrogen and oxygen atoms in total. The van der Waals surface area contributed by atoms with E-state index in [1.807, 2.05) is 55.5 Å². The molecule has 2 rings (SSSR count). The SMILES string of the molecule is C=Cc1ccccc1COc1ccc(C)cc1/C=N/O. The number of hydrogen-bond donors (Lipinski definition) is 1. The van der Waals surface area contributed by atoms with Gasteiger partial charge in [0.05, 0.1) is 6.21 Å². The number of hydrogen-bond acceptors (Lipinski definition) is 3. The molecule has 0 radical (unpaired) electrons. The van der Waals surface area contributed by atoms with Gasteiger partial charge in [-0.05, 0) is 30.2 Å². The summed E-state index contributed by atoms with van der Waals surface area (Å²) in [7, 11) is 0. The number of ether oxygens (including phenoxy) is 1. The fraction of sp³-hybridized carbons (Fsp3) is 0.118. The summed E-state index contributed by atoms with van der Waals surface area (Å²) >= 11 is 0. The third-order valence-electron chi connectivity index (χ3n) is 3.02. The lowest BCUT2D eigenvalue weighted by atomic mass is 10.1. The van der Waals surface area contributed by atoms with Gasteiger partial charge in [0, 0.05) is 5.56 Å². The molecule has 20 heavy (non-hydrogen) atoms. The van der Waals surface area contributed by atoms with Crippen LogP contribution in [-0.4, -0.2) is 11.4 Å². The van der Waals surface area contributed by atoms with Crippen molar-refractivity contribution in [2.24, 2.45) is 5.16 Å². The van der Waals surface area contributed by atoms with E-state index in [1.165, 1.54) is 6.21 Å². The molecular weight excluding hydrogens is 250 g/mol. The van der Waals surface area contributed by atoms with Crippen LogP contribution in [0.25, 0.3) is 6.08 Å². The van der Waals surface area contributed by atoms with Gasteiger partial charge in [-0.3, -0.25) is 0 Å². The highest BCUT2D eigenvalue weighted by atomic mass is 16.5. The molecule has 2 aromatic rings. The van der Waals surface area contributed by atoms with E-state index in [1.54, 1.807) is 0 Å². The van der Waals surface area contributed by atoms with Crippen LogP contribution in [0.3, 0.4) is 0 Å². The molecule has 0 bridgehead atoms. The molecular formula is C17H17NO2. The molecule has 0 fully saturated rings. The summed E-state index contributed by atoms with van der Waals surface area (Å²) in [4.78, 5) is 0. The highest BCUT2D eigenvalue weighted by Crippen LogP contribution is 2.21. The smallest absolute Gasteiger partial charge is 0.128 e. The van der Waals surface area contributed by atoms with E-state index in [9.17, 15) is 0 Å². The monoisotopic (exact) mass is 267 g/mol. The Morgan fingerprint density at radius 1 is 1.20 bits per heavy atom. The summed E-state index contributed by atoms with van der Waals surface area (Å²) in [5.74, 6) is 0.687. The average molecular weight is 267 g/mol. The zero-order valence-corrected chi connectivity index (χ0v) is 11.4. The Hall–Kier alpha value is -2.55. The molecule has 1 N–H and O–H groups in total. The summed E-state index contributed by atoms with van der Waals surface area (Å²) in [6.45, 7) is 6.22. The quantitative estimate of drug-likeness (QED) is 0.505. The van der Waals surface area contributed by atoms with E-state index in [0.717, 1.165) is 22.3 Å². The third kappa shape index (κ3) is 3.26. The maximum Gasteiger partial charge on any atom is 0.128 e. The molecule has 0 aliphatic heterocycles. The molecule has 0 aromatic heterocycles. The van der Waals surface area contributed by atoms with E-state index in [0.29, 0.717) is 12.4 Å². The first-order valence-corrected chi connectivity index (χ1v) is 6.36. The van der Waals surface area contributed by atoms with Gasteiger partial charge in [0.15, 0.2) is 0 Å². The summed E-state index contributed by atoms with van der Waals surface area (Å²) in [5.41, 5.74) is 3.95. The minimum atomic E-state index is 0.442. The van der Waals surface area contributed by atoms with Crippen LogP contribution in [-0.2, 0) is 6.61 Å². The summed E-state index contributed by atoms with van der Waals surface area (Å²) in [5, 5.41) is 11.8. The van der Waals surface area contributed by atoms with Gasteiger partial charge in [-0.15, -0.1) is 0 Å². The molecule has 0 amide bonds. The van der Waals surface area contributed by atoms with Crippen molar-refractivity contribution in [1.82, 2.24) is 0 Å². The molecule has 0 atom stereocenters. The number of aryl methyl sites for hydroxylation is 1. The van der Waals surface area contributed by atoms with Crippen molar-refractivity contribution in [3.8, 4) is 5.75 Å². The van der Waals surface area contributed by atoms with Gasteiger partial charge >= 0.3 is 0 Å². The number of benzene rings is 2. The summed E-state index contributed by atoms with van der Waals surface area (Å²) in [6.07, 6.45) is 3.19. The molecule has 0 saturated heterocycles. The van der Waals surface area contributed by atoms with Crippen LogP contribution in [0, 0.1) is 6.92 Å². The topological polar surface area (TPSA) is 41.8 Å². The highest BCUT2D eigenvalue weighted by molar-refractivity contribution is 5.83. The van der Waals surface area contributed by atoms with Crippen LogP contribution in [0.2, 0.25) is 0 Å². The van der Waals surface area contributed by atoms with Gasteiger partial charge in [-0.1, -0.05) is 53.7 Å². The Morgan fingerprint density at radius 2 is 2.00 bits per heavy atom. The lowest BCUT2D eigenvalue weighted by Gasteiger charge is -2.11. The van der Waals surface area contributed by atoms with Crippen molar-refractivity contribution in [2.45, 2.75) is 13.5 Å². The van der Waals surface area contributed by atoms with Gasteiger partial charge in [-0.25, -0.2) is 0 Å². The number of oxime groups is 1. The summed E-state index contributed by atoms with van der Waals surface area (Å²) < 4.78 is 5.82. The van der Waals surface area contributed by atoms with Gasteiger partial charge in [-0.2, -0.15) is 0 Å². The van der Waals surface area contributed by atoms with Gasteiger partial charge < -0.3 is 9.94 Å². The number of nitrogens with zero attached hydrogens (tertiary/aromatic N) is 1. The van der Waals surface area contributed by atoms with E-state index < -0.39 is 0 Å². The van der Waals surface area contributed by atoms with Crippen molar-refractivity contribution in [1.29, 1.82) is 0 Å². The van der Waals surface area contributed by atoms with E-state index in [4.69, 9.17) is 9.94 Å². The zero-order valence-electron chi connectivity index (χ0n) is 11.4. The normalized spacial score (nSPS) is 10.7. The van der Waals surface area contributed by atoms with Crippen molar-refractivity contribution in [3.05, 3.63) is 71.3 Å². The van der Waals surface area contributed by atoms with Gasteiger partial charge in [0.25, 0.3) is 0 Å². The first-order chi connectivity index (χ1) is 9.74. The predicted molar refractivity (Wildman–Crippen MR) is 81.4 cm³/mol. The van der Waals surface area contributed by atoms with Gasteiger partial charge in [0.1, 0.15) is 12.4 Å². The average Bonchev–Trinajstić information content (AvgIpc) is 2.47. The molecule has 0 spiro atoms. The van der Waals surface area contributed by atoms with Crippen LogP contribution < -0.4 is 4.74 Å². The Morgan fingerprint density at radius 3 is 2.75 bits per heavy atom. The van der Waals surface area contributed by atoms with Crippen LogP contribution in [0.15, 0.2) is 54.2 Å². The van der Waals surface area contributed by atoms with Crippen molar-refractivity contribution < 1.29 is 9.94 Å². The van der Waals surface area contributed by atoms with E-state index in [-0.39, 0.29) is 0 Å². The van der Waals surface area contributed by atoms with Crippen LogP contribution in [0.4, 0.5) is 0 Å². The zero-order chi connectivity index (χ0) is 14.4. The van der Waals surface area contributed by atoms with Crippen molar-refractivity contribution >= 4 is 12.3 Å². The minimum absolute atomic E-state index is 0.442. The summed E-state index contributed by atoms with van der Waals surface area (Å²) in [6, 6.07) is 13.7. The van der Waals surface area contributed by atoms with Gasteiger partial charge in [0.2, 0.25) is 0 Å². The molecule has 0 saturated carbocycles. The lowest BCUT2D eigenvalue weighted by molar-refractivity contribution is 0.304. The molecule has 2 aromatic carbocycles. The second-order valence-electron chi connectivity index (χ2n) is 4.48. The standard InChI is InChI=1S/C17H17NO2/c1-3-14-6-4-5-7-15(14)12-20-17-9-8-13(2)10-16(17)11-18-19/h3-11,19H,1,12H2,2H3/b18-11+. The molecule has 0 aliphatic rings. The maximum atomic E-state index is 8.70. The highest BCUT2D eigenvalue weighted by Gasteiger charge is 2.04. The fourth-order valence-corrected chi connectivity index (χ4v) is 1.98. The van der Waals surface area contributed by atoms with E-state index in [2.05, 4.69) is 11.7 Å². The third-order valence-corrected chi connectivity index (χ3v) is 3.02. The second kappa shape index (κ2) is 6.57. The molecule has 0 unspecified atom stereocenters. The molecule has 0 heterocycles. The first-order valence-electron chi connectivity index (χ1n) is 6.36. The minimum Gasteiger partial charge on any atom is -0.488 e. The lowest BCUT2D eigenvalue weighted by Crippen LogP contribution is -2.00. The Kier molecular flexibility index (Phi) is 4.56. The second-order valence-corrected chi connectivity index (χ2v) is 4.48. The predicted octanol–water partition coefficient (Wildman–Crippen LogP) is 4.03.